The van der Waals surface area contributed by atoms with Gasteiger partial charge in [0.15, 0.2) is 0 Å². The zero-order valence-electron chi connectivity index (χ0n) is 6.61. The summed E-state index contributed by atoms with van der Waals surface area (Å²) in [5, 5.41) is 0. The maximum Gasteiger partial charge on any atom is 0.131 e. The van der Waals surface area contributed by atoms with Crippen molar-refractivity contribution in [2.75, 3.05) is 5.43 Å². The first-order valence-electron chi connectivity index (χ1n) is 3.39. The van der Waals surface area contributed by atoms with E-state index in [-0.39, 0.29) is 5.82 Å². The lowest BCUT2D eigenvalue weighted by molar-refractivity contribution is 0.610. The summed E-state index contributed by atoms with van der Waals surface area (Å²) in [6.07, 6.45) is 0. The third-order valence-electron chi connectivity index (χ3n) is 1.73. The van der Waals surface area contributed by atoms with Crippen LogP contribution in [-0.4, -0.2) is 0 Å². The number of nitrogen functional groups attached to an aromatic ring is 1. The quantitative estimate of drug-likeness (QED) is 0.477. The van der Waals surface area contributed by atoms with Gasteiger partial charge in [-0.05, 0) is 25.5 Å². The molecule has 0 aliphatic rings. The minimum Gasteiger partial charge on any atom is -0.324 e. The molecule has 0 unspecified atom stereocenters. The highest BCUT2D eigenvalue weighted by molar-refractivity contribution is 5.51. The number of benzene rings is 1. The fourth-order valence-electron chi connectivity index (χ4n) is 0.977. The molecule has 60 valence electrons. The molecule has 0 amide bonds. The predicted octanol–water partition coefficient (Wildman–Crippen LogP) is 1.73. The van der Waals surface area contributed by atoms with Crippen molar-refractivity contribution in [3.63, 3.8) is 0 Å². The lowest BCUT2D eigenvalue weighted by Crippen LogP contribution is -2.09. The van der Waals surface area contributed by atoms with Gasteiger partial charge in [0.2, 0.25) is 0 Å². The van der Waals surface area contributed by atoms with Crippen molar-refractivity contribution >= 4 is 5.69 Å². The van der Waals surface area contributed by atoms with E-state index in [0.29, 0.717) is 16.8 Å². The molecular weight excluding hydrogens is 143 g/mol. The molecule has 0 radical (unpaired) electrons. The van der Waals surface area contributed by atoms with E-state index >= 15 is 0 Å². The molecule has 0 fully saturated rings. The summed E-state index contributed by atoms with van der Waals surface area (Å²) >= 11 is 0. The zero-order valence-corrected chi connectivity index (χ0v) is 6.61. The number of hydrazine groups is 1. The van der Waals surface area contributed by atoms with Gasteiger partial charge in [-0.25, -0.2) is 4.39 Å². The van der Waals surface area contributed by atoms with Gasteiger partial charge in [-0.2, -0.15) is 0 Å². The lowest BCUT2D eigenvalue weighted by Gasteiger charge is -2.06. The number of aryl methyl sites for hydroxylation is 1. The Kier molecular flexibility index (Phi) is 2.10. The van der Waals surface area contributed by atoms with E-state index in [2.05, 4.69) is 5.43 Å². The summed E-state index contributed by atoms with van der Waals surface area (Å²) in [6.45, 7) is 3.42. The highest BCUT2D eigenvalue weighted by atomic mass is 19.1. The van der Waals surface area contributed by atoms with Crippen LogP contribution in [-0.2, 0) is 0 Å². The number of rotatable bonds is 1. The second kappa shape index (κ2) is 2.88. The molecule has 1 rings (SSSR count). The first kappa shape index (κ1) is 8.01. The smallest absolute Gasteiger partial charge is 0.131 e. The Morgan fingerprint density at radius 2 is 2.00 bits per heavy atom. The van der Waals surface area contributed by atoms with E-state index in [1.807, 2.05) is 0 Å². The molecule has 0 aliphatic carbocycles. The van der Waals surface area contributed by atoms with Crippen LogP contribution in [0.1, 0.15) is 11.1 Å². The Balaban J connectivity index is 3.25. The fourth-order valence-corrected chi connectivity index (χ4v) is 0.977. The van der Waals surface area contributed by atoms with E-state index in [4.69, 9.17) is 5.84 Å². The summed E-state index contributed by atoms with van der Waals surface area (Å²) in [7, 11) is 0. The van der Waals surface area contributed by atoms with E-state index in [9.17, 15) is 4.39 Å². The van der Waals surface area contributed by atoms with Crippen LogP contribution in [0.5, 0.6) is 0 Å². The van der Waals surface area contributed by atoms with Gasteiger partial charge in [-0.3, -0.25) is 5.84 Å². The summed E-state index contributed by atoms with van der Waals surface area (Å²) in [6, 6.07) is 3.45. The molecule has 1 aromatic carbocycles. The minimum atomic E-state index is -0.194. The van der Waals surface area contributed by atoms with E-state index in [1.165, 1.54) is 0 Å². The summed E-state index contributed by atoms with van der Waals surface area (Å²) in [5.41, 5.74) is 4.26. The summed E-state index contributed by atoms with van der Waals surface area (Å²) in [5.74, 6) is 4.96. The number of nitrogens with two attached hydrogens (primary N) is 1. The molecule has 1 aromatic rings. The molecule has 0 aromatic heterocycles. The summed E-state index contributed by atoms with van der Waals surface area (Å²) in [4.78, 5) is 0. The van der Waals surface area contributed by atoms with Gasteiger partial charge < -0.3 is 5.43 Å². The standard InChI is InChI=1S/C8H11FN2/c1-5-3-4-7(11-10)6(2)8(5)9/h3-4,11H,10H2,1-2H3. The number of hydrogen-bond acceptors (Lipinski definition) is 2. The fraction of sp³-hybridized carbons (Fsp3) is 0.250. The largest absolute Gasteiger partial charge is 0.324 e. The summed E-state index contributed by atoms with van der Waals surface area (Å²) < 4.78 is 13.1. The van der Waals surface area contributed by atoms with E-state index in [0.717, 1.165) is 0 Å². The van der Waals surface area contributed by atoms with Crippen molar-refractivity contribution in [3.8, 4) is 0 Å². The predicted molar refractivity (Wildman–Crippen MR) is 43.7 cm³/mol. The first-order valence-corrected chi connectivity index (χ1v) is 3.39. The van der Waals surface area contributed by atoms with Gasteiger partial charge in [0.25, 0.3) is 0 Å². The average Bonchev–Trinajstić information content (AvgIpc) is 2.01. The lowest BCUT2D eigenvalue weighted by atomic mass is 10.1. The molecule has 0 atom stereocenters. The zero-order chi connectivity index (χ0) is 8.43. The van der Waals surface area contributed by atoms with Gasteiger partial charge in [0, 0.05) is 5.56 Å². The maximum absolute atomic E-state index is 13.1. The molecular formula is C8H11FN2. The number of nitrogens with one attached hydrogen (secondary N) is 1. The van der Waals surface area contributed by atoms with Crippen molar-refractivity contribution in [1.29, 1.82) is 0 Å². The molecule has 2 nitrogen and oxygen atoms in total. The van der Waals surface area contributed by atoms with Crippen LogP contribution in [0.25, 0.3) is 0 Å². The maximum atomic E-state index is 13.1. The van der Waals surface area contributed by atoms with Crippen LogP contribution in [0.3, 0.4) is 0 Å². The molecule has 0 saturated heterocycles. The third kappa shape index (κ3) is 1.33. The number of anilines is 1. The number of hydrogen-bond donors (Lipinski definition) is 2. The SMILES string of the molecule is Cc1ccc(NN)c(C)c1F. The number of halogens is 1. The van der Waals surface area contributed by atoms with Gasteiger partial charge in [0.1, 0.15) is 5.82 Å². The van der Waals surface area contributed by atoms with Crippen molar-refractivity contribution < 1.29 is 4.39 Å². The molecule has 0 saturated carbocycles. The Hall–Kier alpha value is -1.09. The molecule has 0 spiro atoms. The molecule has 3 N–H and O–H groups in total. The highest BCUT2D eigenvalue weighted by Gasteiger charge is 2.04. The van der Waals surface area contributed by atoms with Crippen LogP contribution in [0.2, 0.25) is 0 Å². The Morgan fingerprint density at radius 1 is 1.36 bits per heavy atom. The third-order valence-corrected chi connectivity index (χ3v) is 1.73. The first-order chi connectivity index (χ1) is 5.16. The van der Waals surface area contributed by atoms with Crippen LogP contribution in [0, 0.1) is 19.7 Å². The van der Waals surface area contributed by atoms with Crippen LogP contribution in [0.15, 0.2) is 12.1 Å². The topological polar surface area (TPSA) is 38.0 Å². The molecule has 11 heavy (non-hydrogen) atoms. The Labute approximate surface area is 65.2 Å². The molecule has 0 heterocycles. The van der Waals surface area contributed by atoms with Crippen LogP contribution < -0.4 is 11.3 Å². The van der Waals surface area contributed by atoms with Gasteiger partial charge in [-0.1, -0.05) is 6.07 Å². The van der Waals surface area contributed by atoms with Crippen molar-refractivity contribution in [2.45, 2.75) is 13.8 Å². The highest BCUT2D eigenvalue weighted by Crippen LogP contribution is 2.19. The van der Waals surface area contributed by atoms with Crippen LogP contribution >= 0.6 is 0 Å². The van der Waals surface area contributed by atoms with E-state index in [1.54, 1.807) is 26.0 Å². The Bertz CT molecular complexity index is 271. The van der Waals surface area contributed by atoms with Gasteiger partial charge in [0.05, 0.1) is 5.69 Å². The minimum absolute atomic E-state index is 0.194. The normalized spacial score (nSPS) is 9.82. The van der Waals surface area contributed by atoms with Crippen molar-refractivity contribution in [2.24, 2.45) is 5.84 Å². The van der Waals surface area contributed by atoms with Gasteiger partial charge in [-0.15, -0.1) is 0 Å². The van der Waals surface area contributed by atoms with Crippen LogP contribution in [0.4, 0.5) is 10.1 Å². The van der Waals surface area contributed by atoms with E-state index < -0.39 is 0 Å². The average molecular weight is 154 g/mol. The molecule has 3 heteroatoms. The van der Waals surface area contributed by atoms with Crippen molar-refractivity contribution in [1.82, 2.24) is 0 Å². The van der Waals surface area contributed by atoms with Gasteiger partial charge >= 0.3 is 0 Å². The Morgan fingerprint density at radius 3 is 2.55 bits per heavy atom. The molecule has 0 bridgehead atoms. The second-order valence-corrected chi connectivity index (χ2v) is 2.51. The molecule has 0 aliphatic heterocycles. The monoisotopic (exact) mass is 154 g/mol. The van der Waals surface area contributed by atoms with Crippen molar-refractivity contribution in [3.05, 3.63) is 29.1 Å². The second-order valence-electron chi connectivity index (χ2n) is 2.51.